The van der Waals surface area contributed by atoms with E-state index in [4.69, 9.17) is 4.74 Å². The number of unbranched alkanes of at least 4 members (excludes halogenated alkanes) is 1. The zero-order chi connectivity index (χ0) is 9.68. The summed E-state index contributed by atoms with van der Waals surface area (Å²) in [4.78, 5) is 3.61. The SMILES string of the molecule is CCCCOc1ccc(Br)c(F)n1. The Balaban J connectivity index is 2.53. The third-order valence-electron chi connectivity index (χ3n) is 1.53. The Morgan fingerprint density at radius 2 is 2.31 bits per heavy atom. The zero-order valence-electron chi connectivity index (χ0n) is 7.39. The van der Waals surface area contributed by atoms with Crippen LogP contribution in [0.15, 0.2) is 16.6 Å². The molecule has 0 radical (unpaired) electrons. The van der Waals surface area contributed by atoms with Gasteiger partial charge in [-0.2, -0.15) is 9.37 Å². The van der Waals surface area contributed by atoms with Crippen LogP contribution in [0.2, 0.25) is 0 Å². The largest absolute Gasteiger partial charge is 0.478 e. The van der Waals surface area contributed by atoms with Crippen molar-refractivity contribution in [2.75, 3.05) is 6.61 Å². The number of nitrogens with zero attached hydrogens (tertiary/aromatic N) is 1. The topological polar surface area (TPSA) is 22.1 Å². The lowest BCUT2D eigenvalue weighted by atomic mass is 10.4. The van der Waals surface area contributed by atoms with Gasteiger partial charge >= 0.3 is 0 Å². The summed E-state index contributed by atoms with van der Waals surface area (Å²) in [7, 11) is 0. The van der Waals surface area contributed by atoms with Crippen molar-refractivity contribution in [3.63, 3.8) is 0 Å². The first-order chi connectivity index (χ1) is 6.24. The van der Waals surface area contributed by atoms with Crippen molar-refractivity contribution in [1.29, 1.82) is 0 Å². The van der Waals surface area contributed by atoms with Crippen molar-refractivity contribution < 1.29 is 9.13 Å². The molecule has 72 valence electrons. The van der Waals surface area contributed by atoms with Gasteiger partial charge in [0.05, 0.1) is 11.1 Å². The summed E-state index contributed by atoms with van der Waals surface area (Å²) in [6.07, 6.45) is 2.01. The van der Waals surface area contributed by atoms with E-state index in [1.54, 1.807) is 12.1 Å². The normalized spacial score (nSPS) is 10.1. The first kappa shape index (κ1) is 10.4. The van der Waals surface area contributed by atoms with Gasteiger partial charge in [-0.3, -0.25) is 0 Å². The monoisotopic (exact) mass is 247 g/mol. The number of pyridine rings is 1. The van der Waals surface area contributed by atoms with Crippen LogP contribution in [0.25, 0.3) is 0 Å². The fourth-order valence-corrected chi connectivity index (χ4v) is 1.02. The second-order valence-electron chi connectivity index (χ2n) is 2.62. The van der Waals surface area contributed by atoms with E-state index < -0.39 is 5.95 Å². The molecule has 4 heteroatoms. The van der Waals surface area contributed by atoms with Crippen LogP contribution >= 0.6 is 15.9 Å². The number of rotatable bonds is 4. The molecule has 0 saturated heterocycles. The fraction of sp³-hybridized carbons (Fsp3) is 0.444. The van der Waals surface area contributed by atoms with E-state index in [0.717, 1.165) is 12.8 Å². The molecule has 1 rings (SSSR count). The third kappa shape index (κ3) is 3.30. The predicted molar refractivity (Wildman–Crippen MR) is 52.3 cm³/mol. The highest BCUT2D eigenvalue weighted by Crippen LogP contribution is 2.16. The van der Waals surface area contributed by atoms with Gasteiger partial charge in [0.25, 0.3) is 0 Å². The van der Waals surface area contributed by atoms with Gasteiger partial charge in [0.2, 0.25) is 11.8 Å². The maximum Gasteiger partial charge on any atom is 0.230 e. The lowest BCUT2D eigenvalue weighted by Gasteiger charge is -2.03. The second-order valence-corrected chi connectivity index (χ2v) is 3.48. The first-order valence-corrected chi connectivity index (χ1v) is 4.98. The van der Waals surface area contributed by atoms with Crippen LogP contribution in [-0.4, -0.2) is 11.6 Å². The van der Waals surface area contributed by atoms with Gasteiger partial charge in [-0.15, -0.1) is 0 Å². The lowest BCUT2D eigenvalue weighted by molar-refractivity contribution is 0.293. The van der Waals surface area contributed by atoms with E-state index in [1.165, 1.54) is 0 Å². The highest BCUT2D eigenvalue weighted by atomic mass is 79.9. The molecular weight excluding hydrogens is 237 g/mol. The average molecular weight is 248 g/mol. The van der Waals surface area contributed by atoms with Crippen molar-refractivity contribution in [3.8, 4) is 5.88 Å². The van der Waals surface area contributed by atoms with Crippen LogP contribution in [0, 0.1) is 5.95 Å². The molecule has 0 atom stereocenters. The van der Waals surface area contributed by atoms with E-state index >= 15 is 0 Å². The van der Waals surface area contributed by atoms with E-state index in [0.29, 0.717) is 17.0 Å². The van der Waals surface area contributed by atoms with Crippen LogP contribution < -0.4 is 4.74 Å². The number of aromatic nitrogens is 1. The minimum Gasteiger partial charge on any atom is -0.478 e. The van der Waals surface area contributed by atoms with Crippen LogP contribution in [0.3, 0.4) is 0 Å². The highest BCUT2D eigenvalue weighted by Gasteiger charge is 2.02. The Bertz CT molecular complexity index is 280. The molecule has 2 nitrogen and oxygen atoms in total. The number of ether oxygens (including phenoxy) is 1. The highest BCUT2D eigenvalue weighted by molar-refractivity contribution is 9.10. The number of hydrogen-bond acceptors (Lipinski definition) is 2. The zero-order valence-corrected chi connectivity index (χ0v) is 8.97. The lowest BCUT2D eigenvalue weighted by Crippen LogP contribution is -1.99. The molecule has 0 aromatic carbocycles. The smallest absolute Gasteiger partial charge is 0.230 e. The molecule has 0 aliphatic carbocycles. The van der Waals surface area contributed by atoms with Gasteiger partial charge in [-0.25, -0.2) is 0 Å². The Hall–Kier alpha value is -0.640. The Labute approximate surface area is 85.3 Å². The van der Waals surface area contributed by atoms with Crippen LogP contribution in [0.4, 0.5) is 4.39 Å². The molecule has 1 aromatic rings. The van der Waals surface area contributed by atoms with E-state index in [2.05, 4.69) is 27.8 Å². The molecule has 1 heterocycles. The summed E-state index contributed by atoms with van der Waals surface area (Å²) < 4.78 is 18.4. The minimum absolute atomic E-state index is 0.342. The van der Waals surface area contributed by atoms with E-state index in [9.17, 15) is 4.39 Å². The number of halogens is 2. The second kappa shape index (κ2) is 5.17. The molecule has 0 unspecified atom stereocenters. The van der Waals surface area contributed by atoms with Gasteiger partial charge < -0.3 is 4.74 Å². The van der Waals surface area contributed by atoms with Crippen molar-refractivity contribution in [1.82, 2.24) is 4.98 Å². The first-order valence-electron chi connectivity index (χ1n) is 4.19. The van der Waals surface area contributed by atoms with Gasteiger partial charge in [0.15, 0.2) is 0 Å². The third-order valence-corrected chi connectivity index (χ3v) is 2.12. The molecule has 0 aliphatic rings. The predicted octanol–water partition coefficient (Wildman–Crippen LogP) is 3.16. The maximum atomic E-state index is 12.9. The Morgan fingerprint density at radius 1 is 1.54 bits per heavy atom. The van der Waals surface area contributed by atoms with Gasteiger partial charge in [0, 0.05) is 6.07 Å². The van der Waals surface area contributed by atoms with E-state index in [1.807, 2.05) is 0 Å². The standard InChI is InChI=1S/C9H11BrFNO/c1-2-3-6-13-8-5-4-7(10)9(11)12-8/h4-5H,2-3,6H2,1H3. The average Bonchev–Trinajstić information content (AvgIpc) is 2.12. The van der Waals surface area contributed by atoms with Crippen molar-refractivity contribution in [2.45, 2.75) is 19.8 Å². The molecule has 1 aromatic heterocycles. The summed E-state index contributed by atoms with van der Waals surface area (Å²) in [6, 6.07) is 3.23. The van der Waals surface area contributed by atoms with E-state index in [-0.39, 0.29) is 0 Å². The quantitative estimate of drug-likeness (QED) is 0.603. The van der Waals surface area contributed by atoms with Crippen LogP contribution in [0.5, 0.6) is 5.88 Å². The molecular formula is C9H11BrFNO. The summed E-state index contributed by atoms with van der Waals surface area (Å²) >= 11 is 3.02. The van der Waals surface area contributed by atoms with Gasteiger partial charge in [0.1, 0.15) is 0 Å². The molecule has 0 spiro atoms. The maximum absolute atomic E-state index is 12.9. The minimum atomic E-state index is -0.533. The van der Waals surface area contributed by atoms with Crippen molar-refractivity contribution in [3.05, 3.63) is 22.6 Å². The number of hydrogen-bond donors (Lipinski definition) is 0. The summed E-state index contributed by atoms with van der Waals surface area (Å²) in [5, 5.41) is 0. The van der Waals surface area contributed by atoms with Crippen LogP contribution in [-0.2, 0) is 0 Å². The molecule has 0 aliphatic heterocycles. The molecule has 0 saturated carbocycles. The van der Waals surface area contributed by atoms with Gasteiger partial charge in [-0.05, 0) is 28.4 Å². The van der Waals surface area contributed by atoms with Crippen molar-refractivity contribution in [2.24, 2.45) is 0 Å². The Morgan fingerprint density at radius 3 is 2.92 bits per heavy atom. The molecule has 0 N–H and O–H groups in total. The molecule has 0 fully saturated rings. The Kier molecular flexibility index (Phi) is 4.15. The van der Waals surface area contributed by atoms with Crippen molar-refractivity contribution >= 4 is 15.9 Å². The van der Waals surface area contributed by atoms with Crippen LogP contribution in [0.1, 0.15) is 19.8 Å². The fourth-order valence-electron chi connectivity index (χ4n) is 0.802. The molecule has 0 bridgehead atoms. The molecule has 0 amide bonds. The summed E-state index contributed by atoms with van der Waals surface area (Å²) in [6.45, 7) is 2.66. The van der Waals surface area contributed by atoms with Gasteiger partial charge in [-0.1, -0.05) is 13.3 Å². The molecule has 13 heavy (non-hydrogen) atoms. The summed E-state index contributed by atoms with van der Waals surface area (Å²) in [5.41, 5.74) is 0. The summed E-state index contributed by atoms with van der Waals surface area (Å²) in [5.74, 6) is -0.192.